The zero-order chi connectivity index (χ0) is 20.8. The zero-order valence-corrected chi connectivity index (χ0v) is 19.2. The number of hydrogen-bond acceptors (Lipinski definition) is 2. The maximum absolute atomic E-state index is 6.16. The first kappa shape index (κ1) is 22.4. The van der Waals surface area contributed by atoms with Crippen LogP contribution in [0.15, 0.2) is 36.9 Å². The van der Waals surface area contributed by atoms with Gasteiger partial charge in [0, 0.05) is 16.9 Å². The van der Waals surface area contributed by atoms with E-state index in [9.17, 15) is 0 Å². The molecule has 0 amide bonds. The number of benzene rings is 1. The van der Waals surface area contributed by atoms with Crippen molar-refractivity contribution in [2.75, 3.05) is 13.2 Å². The van der Waals surface area contributed by atoms with Gasteiger partial charge in [0.1, 0.15) is 0 Å². The summed E-state index contributed by atoms with van der Waals surface area (Å²) in [5, 5.41) is 0.846. The van der Waals surface area contributed by atoms with E-state index in [0.29, 0.717) is 11.8 Å². The summed E-state index contributed by atoms with van der Waals surface area (Å²) in [5.41, 5.74) is 1.48. The topological polar surface area (TPSA) is 18.5 Å². The summed E-state index contributed by atoms with van der Waals surface area (Å²) in [7, 11) is 0. The maximum atomic E-state index is 6.16. The standard InChI is InChI=1S/C27H39ClO2/c1-2-3-4-5-20-18-29-27(30-19-20)25-12-10-23(11-13-25)21-6-8-22(9-7-21)24-14-16-26(28)17-15-24/h2,14-17,20-23,25,27H,1,3-13,18-19H2. The number of allylic oxidation sites excluding steroid dienone is 1. The quantitative estimate of drug-likeness (QED) is 0.325. The van der Waals surface area contributed by atoms with Gasteiger partial charge in [0.25, 0.3) is 0 Å². The van der Waals surface area contributed by atoms with Crippen molar-refractivity contribution in [2.45, 2.75) is 82.8 Å². The fourth-order valence-corrected chi connectivity index (χ4v) is 6.22. The molecular weight excluding hydrogens is 392 g/mol. The lowest BCUT2D eigenvalue weighted by Gasteiger charge is -2.41. The molecule has 2 aliphatic carbocycles. The first-order valence-electron chi connectivity index (χ1n) is 12.3. The van der Waals surface area contributed by atoms with Crippen molar-refractivity contribution in [2.24, 2.45) is 23.7 Å². The van der Waals surface area contributed by atoms with Crippen LogP contribution in [0, 0.1) is 23.7 Å². The zero-order valence-electron chi connectivity index (χ0n) is 18.4. The summed E-state index contributed by atoms with van der Waals surface area (Å²) in [6.45, 7) is 5.58. The molecule has 0 N–H and O–H groups in total. The lowest BCUT2D eigenvalue weighted by molar-refractivity contribution is -0.230. The Morgan fingerprint density at radius 2 is 1.40 bits per heavy atom. The molecule has 166 valence electrons. The van der Waals surface area contributed by atoms with Crippen LogP contribution >= 0.6 is 11.6 Å². The highest BCUT2D eigenvalue weighted by Gasteiger charge is 2.35. The van der Waals surface area contributed by atoms with Gasteiger partial charge in [-0.3, -0.25) is 0 Å². The normalized spacial score (nSPS) is 35.1. The summed E-state index contributed by atoms with van der Waals surface area (Å²) in [6.07, 6.45) is 16.4. The fraction of sp³-hybridized carbons (Fsp3) is 0.704. The Kier molecular flexibility index (Phi) is 8.32. The molecule has 0 bridgehead atoms. The van der Waals surface area contributed by atoms with Gasteiger partial charge in [0.2, 0.25) is 0 Å². The molecule has 1 aromatic rings. The minimum atomic E-state index is 0.0576. The van der Waals surface area contributed by atoms with Crippen molar-refractivity contribution < 1.29 is 9.47 Å². The molecule has 0 unspecified atom stereocenters. The van der Waals surface area contributed by atoms with Crippen LogP contribution in [0.25, 0.3) is 0 Å². The smallest absolute Gasteiger partial charge is 0.160 e. The molecule has 3 fully saturated rings. The van der Waals surface area contributed by atoms with E-state index in [2.05, 4.69) is 18.7 Å². The molecule has 0 spiro atoms. The number of unbranched alkanes of at least 4 members (excludes halogenated alkanes) is 1. The van der Waals surface area contributed by atoms with E-state index in [0.717, 1.165) is 42.4 Å². The highest BCUT2D eigenvalue weighted by atomic mass is 35.5. The van der Waals surface area contributed by atoms with E-state index in [1.807, 2.05) is 18.2 Å². The van der Waals surface area contributed by atoms with Crippen LogP contribution in [0.5, 0.6) is 0 Å². The summed E-state index contributed by atoms with van der Waals surface area (Å²) < 4.78 is 12.3. The number of ether oxygens (including phenoxy) is 2. The van der Waals surface area contributed by atoms with Crippen LogP contribution in [0.1, 0.15) is 82.1 Å². The number of rotatable bonds is 7. The Bertz CT molecular complexity index is 633. The Morgan fingerprint density at radius 3 is 2.00 bits per heavy atom. The molecule has 1 aromatic carbocycles. The van der Waals surface area contributed by atoms with Crippen LogP contribution < -0.4 is 0 Å². The van der Waals surface area contributed by atoms with Crippen LogP contribution in [0.4, 0.5) is 0 Å². The highest BCUT2D eigenvalue weighted by molar-refractivity contribution is 6.30. The van der Waals surface area contributed by atoms with E-state index in [1.54, 1.807) is 0 Å². The molecule has 0 atom stereocenters. The fourth-order valence-electron chi connectivity index (χ4n) is 6.10. The Hall–Kier alpha value is -0.830. The molecule has 3 heteroatoms. The van der Waals surface area contributed by atoms with Gasteiger partial charge in [-0.25, -0.2) is 0 Å². The van der Waals surface area contributed by atoms with E-state index in [-0.39, 0.29) is 6.29 Å². The van der Waals surface area contributed by atoms with Crippen molar-refractivity contribution in [3.8, 4) is 0 Å². The second-order valence-electron chi connectivity index (χ2n) is 9.96. The molecule has 2 saturated carbocycles. The van der Waals surface area contributed by atoms with Crippen molar-refractivity contribution in [1.82, 2.24) is 0 Å². The summed E-state index contributed by atoms with van der Waals surface area (Å²) in [5.74, 6) is 3.77. The van der Waals surface area contributed by atoms with Gasteiger partial charge < -0.3 is 9.47 Å². The molecule has 2 nitrogen and oxygen atoms in total. The summed E-state index contributed by atoms with van der Waals surface area (Å²) in [4.78, 5) is 0. The first-order valence-corrected chi connectivity index (χ1v) is 12.7. The third-order valence-corrected chi connectivity index (χ3v) is 8.25. The lowest BCUT2D eigenvalue weighted by Crippen LogP contribution is -2.39. The average molecular weight is 431 g/mol. The van der Waals surface area contributed by atoms with Gasteiger partial charge in [-0.1, -0.05) is 29.8 Å². The van der Waals surface area contributed by atoms with E-state index < -0.39 is 0 Å². The van der Waals surface area contributed by atoms with E-state index >= 15 is 0 Å². The predicted octanol–water partition coefficient (Wildman–Crippen LogP) is 7.77. The van der Waals surface area contributed by atoms with Gasteiger partial charge in [-0.15, -0.1) is 6.58 Å². The van der Waals surface area contributed by atoms with Crippen LogP contribution in [-0.4, -0.2) is 19.5 Å². The largest absolute Gasteiger partial charge is 0.352 e. The molecule has 1 saturated heterocycles. The predicted molar refractivity (Wildman–Crippen MR) is 125 cm³/mol. The molecule has 30 heavy (non-hydrogen) atoms. The van der Waals surface area contributed by atoms with Crippen molar-refractivity contribution in [3.63, 3.8) is 0 Å². The van der Waals surface area contributed by atoms with E-state index in [1.165, 1.54) is 69.8 Å². The molecule has 4 rings (SSSR count). The van der Waals surface area contributed by atoms with Gasteiger partial charge in [0.05, 0.1) is 13.2 Å². The summed E-state index contributed by atoms with van der Waals surface area (Å²) >= 11 is 6.05. The third-order valence-electron chi connectivity index (χ3n) is 7.99. The molecule has 0 aromatic heterocycles. The van der Waals surface area contributed by atoms with Gasteiger partial charge in [0.15, 0.2) is 6.29 Å². The number of hydrogen-bond donors (Lipinski definition) is 0. The molecule has 1 aliphatic heterocycles. The number of halogens is 1. The maximum Gasteiger partial charge on any atom is 0.160 e. The third kappa shape index (κ3) is 5.90. The van der Waals surface area contributed by atoms with Crippen LogP contribution in [-0.2, 0) is 9.47 Å². The second-order valence-corrected chi connectivity index (χ2v) is 10.4. The van der Waals surface area contributed by atoms with Crippen molar-refractivity contribution in [3.05, 3.63) is 47.5 Å². The van der Waals surface area contributed by atoms with Gasteiger partial charge >= 0.3 is 0 Å². The molecular formula is C27H39ClO2. The molecule has 1 heterocycles. The highest BCUT2D eigenvalue weighted by Crippen LogP contribution is 2.45. The van der Waals surface area contributed by atoms with Crippen molar-refractivity contribution in [1.29, 1.82) is 0 Å². The minimum Gasteiger partial charge on any atom is -0.352 e. The van der Waals surface area contributed by atoms with Crippen molar-refractivity contribution >= 4 is 11.6 Å². The molecule has 0 radical (unpaired) electrons. The SMILES string of the molecule is C=CCCCC1COC(C2CCC(C3CCC(c4ccc(Cl)cc4)CC3)CC2)OC1. The van der Waals surface area contributed by atoms with Crippen LogP contribution in [0.2, 0.25) is 5.02 Å². The Balaban J connectivity index is 1.16. The first-order chi connectivity index (χ1) is 14.7. The van der Waals surface area contributed by atoms with Gasteiger partial charge in [-0.2, -0.15) is 0 Å². The lowest BCUT2D eigenvalue weighted by atomic mass is 9.68. The second kappa shape index (κ2) is 11.2. The monoisotopic (exact) mass is 430 g/mol. The Labute approximate surface area is 188 Å². The Morgan fingerprint density at radius 1 is 0.833 bits per heavy atom. The van der Waals surface area contributed by atoms with Crippen LogP contribution in [0.3, 0.4) is 0 Å². The van der Waals surface area contributed by atoms with Gasteiger partial charge in [-0.05, 0) is 106 Å². The average Bonchev–Trinajstić information content (AvgIpc) is 2.81. The minimum absolute atomic E-state index is 0.0576. The summed E-state index contributed by atoms with van der Waals surface area (Å²) in [6, 6.07) is 8.55. The molecule has 3 aliphatic rings. The van der Waals surface area contributed by atoms with E-state index in [4.69, 9.17) is 21.1 Å².